The number of amides is 1. The van der Waals surface area contributed by atoms with Crippen molar-refractivity contribution in [2.45, 2.75) is 62.4 Å². The average molecular weight is 500 g/mol. The summed E-state index contributed by atoms with van der Waals surface area (Å²) < 4.78 is 24.1. The Bertz CT molecular complexity index is 1170. The van der Waals surface area contributed by atoms with Crippen molar-refractivity contribution >= 4 is 27.3 Å². The summed E-state index contributed by atoms with van der Waals surface area (Å²) in [4.78, 5) is 19.6. The normalized spacial score (nSPS) is 27.5. The van der Waals surface area contributed by atoms with Gasteiger partial charge in [0.1, 0.15) is 11.7 Å². The number of carbonyl (C=O) groups excluding carboxylic acids is 1. The van der Waals surface area contributed by atoms with Crippen LogP contribution in [0.4, 0.5) is 5.69 Å². The first-order chi connectivity index (χ1) is 16.6. The third-order valence-electron chi connectivity index (χ3n) is 6.48. The van der Waals surface area contributed by atoms with E-state index in [2.05, 4.69) is 36.6 Å². The Morgan fingerprint density at radius 2 is 1.97 bits per heavy atom. The number of rotatable bonds is 7. The van der Waals surface area contributed by atoms with Gasteiger partial charge in [-0.25, -0.2) is 13.4 Å². The quantitative estimate of drug-likeness (QED) is 0.495. The highest BCUT2D eigenvalue weighted by atomic mass is 32.2. The molecule has 1 aromatic carbocycles. The highest BCUT2D eigenvalue weighted by Crippen LogP contribution is 2.24. The molecule has 8 nitrogen and oxygen atoms in total. The summed E-state index contributed by atoms with van der Waals surface area (Å²) in [7, 11) is 0.854. The number of allylic oxidation sites excluding steroid dienone is 4. The molecule has 1 saturated carbocycles. The molecule has 0 unspecified atom stereocenters. The van der Waals surface area contributed by atoms with Gasteiger partial charge in [-0.1, -0.05) is 38.0 Å². The molecule has 2 atom stereocenters. The predicted molar refractivity (Wildman–Crippen MR) is 142 cm³/mol. The van der Waals surface area contributed by atoms with Gasteiger partial charge in [-0.15, -0.1) is 0 Å². The minimum Gasteiger partial charge on any atom is -0.367 e. The number of aliphatic imine (C=N–C) groups is 1. The van der Waals surface area contributed by atoms with Gasteiger partial charge in [-0.2, -0.15) is 0 Å². The number of benzene rings is 1. The van der Waals surface area contributed by atoms with Gasteiger partial charge in [0.2, 0.25) is 0 Å². The van der Waals surface area contributed by atoms with Gasteiger partial charge in [0.25, 0.3) is 5.91 Å². The fraction of sp³-hybridized carbons (Fsp3) is 0.462. The van der Waals surface area contributed by atoms with E-state index >= 15 is 0 Å². The first kappa shape index (κ1) is 26.7. The second-order valence-corrected chi connectivity index (χ2v) is 11.4. The molecule has 190 valence electrons. The van der Waals surface area contributed by atoms with Crippen LogP contribution >= 0.6 is 0 Å². The summed E-state index contributed by atoms with van der Waals surface area (Å²) >= 11 is 0. The van der Waals surface area contributed by atoms with E-state index in [1.54, 1.807) is 24.3 Å². The van der Waals surface area contributed by atoms with E-state index in [0.29, 0.717) is 17.6 Å². The monoisotopic (exact) mass is 499 g/mol. The number of nitrogens with one attached hydrogen (secondary N) is 2. The molecule has 4 N–H and O–H groups in total. The number of amidine groups is 1. The fourth-order valence-corrected chi connectivity index (χ4v) is 5.10. The number of primary amides is 1. The predicted octanol–water partition coefficient (Wildman–Crippen LogP) is 3.36. The summed E-state index contributed by atoms with van der Waals surface area (Å²) in [5.41, 5.74) is 7.43. The summed E-state index contributed by atoms with van der Waals surface area (Å²) in [6.45, 7) is 2.07. The van der Waals surface area contributed by atoms with Gasteiger partial charge in [-0.3, -0.25) is 4.79 Å². The van der Waals surface area contributed by atoms with Gasteiger partial charge in [0.15, 0.2) is 9.84 Å². The molecule has 0 radical (unpaired) electrons. The number of anilines is 1. The number of hydrogen-bond donors (Lipinski definition) is 3. The standard InChI is InChI=1S/C26H37N5O3S/c1-5-18-10-8-15-23(24(27)32)26(29-20-12-9-14-22(17-20)35(4,33)34)30-25(18)28-19-11-6-7-13-21(16-19)31(2)3/h8-10,12,14-15,17,19,21H,5-7,11,13,16H2,1-4H3,(H2,27,32)(H2,28,29,30)/t19-,21-/m1/s1. The van der Waals surface area contributed by atoms with Crippen LogP contribution in [0.3, 0.4) is 0 Å². The Labute approximate surface area is 209 Å². The maximum Gasteiger partial charge on any atom is 0.252 e. The molecule has 3 rings (SSSR count). The molecule has 1 aromatic rings. The first-order valence-corrected chi connectivity index (χ1v) is 14.0. The van der Waals surface area contributed by atoms with Crippen molar-refractivity contribution in [3.63, 3.8) is 0 Å². The van der Waals surface area contributed by atoms with Crippen LogP contribution in [-0.2, 0) is 14.6 Å². The molecule has 2 aliphatic rings. The van der Waals surface area contributed by atoms with Crippen molar-refractivity contribution in [1.82, 2.24) is 10.2 Å². The molecule has 1 heterocycles. The lowest BCUT2D eigenvalue weighted by molar-refractivity contribution is -0.114. The van der Waals surface area contributed by atoms with E-state index in [9.17, 15) is 13.2 Å². The van der Waals surface area contributed by atoms with Crippen LogP contribution in [-0.4, -0.2) is 57.5 Å². The molecular formula is C26H37N5O3S. The smallest absolute Gasteiger partial charge is 0.252 e. The number of hydrogen-bond acceptors (Lipinski definition) is 7. The Morgan fingerprint density at radius 3 is 2.63 bits per heavy atom. The lowest BCUT2D eigenvalue weighted by atomic mass is 10.0. The minimum atomic E-state index is -3.39. The summed E-state index contributed by atoms with van der Waals surface area (Å²) in [5.74, 6) is 0.349. The van der Waals surface area contributed by atoms with E-state index in [1.165, 1.54) is 25.0 Å². The molecule has 0 saturated heterocycles. The van der Waals surface area contributed by atoms with E-state index in [-0.39, 0.29) is 22.3 Å². The number of carbonyl (C=O) groups is 1. The molecule has 1 aliphatic heterocycles. The molecule has 0 bridgehead atoms. The molecular weight excluding hydrogens is 462 g/mol. The number of nitrogens with zero attached hydrogens (tertiary/aromatic N) is 2. The van der Waals surface area contributed by atoms with E-state index in [0.717, 1.165) is 37.5 Å². The van der Waals surface area contributed by atoms with Crippen molar-refractivity contribution in [1.29, 1.82) is 0 Å². The lowest BCUT2D eigenvalue weighted by Crippen LogP contribution is -2.37. The highest BCUT2D eigenvalue weighted by molar-refractivity contribution is 7.90. The summed E-state index contributed by atoms with van der Waals surface area (Å²) in [6.07, 6.45) is 12.9. The van der Waals surface area contributed by atoms with E-state index in [4.69, 9.17) is 10.7 Å². The second kappa shape index (κ2) is 11.7. The largest absolute Gasteiger partial charge is 0.367 e. The summed E-state index contributed by atoms with van der Waals surface area (Å²) in [5, 5.41) is 6.81. The average Bonchev–Trinajstić information content (AvgIpc) is 3.02. The third kappa shape index (κ3) is 7.29. The molecule has 35 heavy (non-hydrogen) atoms. The van der Waals surface area contributed by atoms with E-state index in [1.807, 2.05) is 6.08 Å². The van der Waals surface area contributed by atoms with Crippen LogP contribution < -0.4 is 16.4 Å². The Kier molecular flexibility index (Phi) is 8.91. The van der Waals surface area contributed by atoms with E-state index < -0.39 is 15.7 Å². The zero-order valence-corrected chi connectivity index (χ0v) is 21.9. The van der Waals surface area contributed by atoms with Gasteiger partial charge in [0.05, 0.1) is 10.5 Å². The third-order valence-corrected chi connectivity index (χ3v) is 7.59. The lowest BCUT2D eigenvalue weighted by Gasteiger charge is -2.28. The summed E-state index contributed by atoms with van der Waals surface area (Å²) in [6, 6.07) is 7.17. The van der Waals surface area contributed by atoms with Gasteiger partial charge in [-0.05, 0) is 69.6 Å². The molecule has 1 amide bonds. The van der Waals surface area contributed by atoms with Crippen molar-refractivity contribution in [3.05, 3.63) is 59.5 Å². The molecule has 0 spiro atoms. The maximum atomic E-state index is 12.3. The SMILES string of the molecule is CCC1=C(N[C@@H]2CCCC[C@@H](N(C)C)C2)/N=C(Nc2cccc(S(C)(=O)=O)c2)\C(C(N)=O)=C\C=C\1. The Morgan fingerprint density at radius 1 is 1.23 bits per heavy atom. The van der Waals surface area contributed by atoms with Crippen LogP contribution in [0.25, 0.3) is 0 Å². The van der Waals surface area contributed by atoms with Crippen molar-refractivity contribution in [2.75, 3.05) is 25.7 Å². The zero-order valence-electron chi connectivity index (χ0n) is 21.0. The van der Waals surface area contributed by atoms with Gasteiger partial charge >= 0.3 is 0 Å². The molecule has 1 aliphatic carbocycles. The second-order valence-electron chi connectivity index (χ2n) is 9.40. The van der Waals surface area contributed by atoms with Crippen molar-refractivity contribution in [2.24, 2.45) is 10.7 Å². The maximum absolute atomic E-state index is 12.3. The van der Waals surface area contributed by atoms with Crippen LogP contribution in [0, 0.1) is 0 Å². The molecule has 1 fully saturated rings. The van der Waals surface area contributed by atoms with Crippen molar-refractivity contribution in [3.8, 4) is 0 Å². The van der Waals surface area contributed by atoms with Crippen molar-refractivity contribution < 1.29 is 13.2 Å². The number of sulfone groups is 1. The minimum absolute atomic E-state index is 0.176. The Hall–Kier alpha value is -2.91. The van der Waals surface area contributed by atoms with Crippen LogP contribution in [0.15, 0.2) is 69.3 Å². The molecule has 9 heteroatoms. The van der Waals surface area contributed by atoms with Crippen LogP contribution in [0.2, 0.25) is 0 Å². The van der Waals surface area contributed by atoms with Gasteiger partial charge in [0, 0.05) is 24.0 Å². The zero-order chi connectivity index (χ0) is 25.6. The van der Waals surface area contributed by atoms with Crippen LogP contribution in [0.1, 0.15) is 45.4 Å². The molecule has 0 aromatic heterocycles. The fourth-order valence-electron chi connectivity index (χ4n) is 4.44. The highest BCUT2D eigenvalue weighted by Gasteiger charge is 2.24. The first-order valence-electron chi connectivity index (χ1n) is 12.1. The van der Waals surface area contributed by atoms with Gasteiger partial charge < -0.3 is 21.3 Å². The topological polar surface area (TPSA) is 117 Å². The van der Waals surface area contributed by atoms with Crippen LogP contribution in [0.5, 0.6) is 0 Å². The number of nitrogens with two attached hydrogens (primary N) is 1. The Balaban J connectivity index is 2.00.